The molecule has 7 nitrogen and oxygen atoms in total. The second-order valence-electron chi connectivity index (χ2n) is 4.60. The molecule has 0 fully saturated rings. The summed E-state index contributed by atoms with van der Waals surface area (Å²) in [4.78, 5) is 29.6. The maximum atomic E-state index is 12.0. The first-order valence-corrected chi connectivity index (χ1v) is 6.84. The zero-order chi connectivity index (χ0) is 16.0. The van der Waals surface area contributed by atoms with Crippen molar-refractivity contribution in [2.24, 2.45) is 0 Å². The fourth-order valence-electron chi connectivity index (χ4n) is 1.71. The van der Waals surface area contributed by atoms with E-state index in [1.807, 2.05) is 6.92 Å². The van der Waals surface area contributed by atoms with Gasteiger partial charge < -0.3 is 20.7 Å². The fraction of sp³-hybridized carbons (Fsp3) is 0.500. The van der Waals surface area contributed by atoms with Crippen molar-refractivity contribution in [3.8, 4) is 0 Å². The van der Waals surface area contributed by atoms with Crippen LogP contribution in [0.25, 0.3) is 0 Å². The average molecular weight is 294 g/mol. The summed E-state index contributed by atoms with van der Waals surface area (Å²) in [5.74, 6) is -0.331. The van der Waals surface area contributed by atoms with E-state index in [0.717, 1.165) is 0 Å². The minimum atomic E-state index is -0.525. The number of amides is 1. The number of hydrogen-bond donors (Lipinski definition) is 2. The quantitative estimate of drug-likeness (QED) is 0.763. The first kappa shape index (κ1) is 16.7. The van der Waals surface area contributed by atoms with E-state index in [9.17, 15) is 9.59 Å². The van der Waals surface area contributed by atoms with Crippen molar-refractivity contribution in [2.45, 2.75) is 26.8 Å². The van der Waals surface area contributed by atoms with E-state index < -0.39 is 12.0 Å². The van der Waals surface area contributed by atoms with Crippen LogP contribution in [0.3, 0.4) is 0 Å². The number of carbonyl (C=O) groups excluding carboxylic acids is 2. The Morgan fingerprint density at radius 2 is 2.14 bits per heavy atom. The molecule has 21 heavy (non-hydrogen) atoms. The highest BCUT2D eigenvalue weighted by Crippen LogP contribution is 2.18. The third-order valence-electron chi connectivity index (χ3n) is 2.98. The molecule has 1 heterocycles. The van der Waals surface area contributed by atoms with Gasteiger partial charge in [-0.25, -0.2) is 9.78 Å². The normalized spacial score (nSPS) is 11.6. The number of likely N-dealkylation sites (N-methyl/N-ethyl adjacent to an activating group) is 1. The van der Waals surface area contributed by atoms with Crippen LogP contribution in [-0.4, -0.2) is 48.0 Å². The predicted octanol–water partition coefficient (Wildman–Crippen LogP) is 1.12. The van der Waals surface area contributed by atoms with Crippen LogP contribution in [-0.2, 0) is 9.53 Å². The monoisotopic (exact) mass is 294 g/mol. The van der Waals surface area contributed by atoms with Gasteiger partial charge in [-0.1, -0.05) is 0 Å². The SMILES string of the molecule is CCOC(=O)c1cc(N)cnc1NC(C)C(=O)N(C)CC. The molecule has 1 aromatic heterocycles. The maximum Gasteiger partial charge on any atom is 0.341 e. The van der Waals surface area contributed by atoms with Gasteiger partial charge in [0.1, 0.15) is 17.4 Å². The number of nitrogens with one attached hydrogen (secondary N) is 1. The van der Waals surface area contributed by atoms with Crippen molar-refractivity contribution in [3.05, 3.63) is 17.8 Å². The smallest absolute Gasteiger partial charge is 0.341 e. The molecule has 1 rings (SSSR count). The summed E-state index contributed by atoms with van der Waals surface area (Å²) in [7, 11) is 1.71. The maximum absolute atomic E-state index is 12.0. The predicted molar refractivity (Wildman–Crippen MR) is 81.0 cm³/mol. The van der Waals surface area contributed by atoms with Gasteiger partial charge >= 0.3 is 5.97 Å². The third-order valence-corrected chi connectivity index (χ3v) is 2.98. The Morgan fingerprint density at radius 1 is 1.48 bits per heavy atom. The standard InChI is InChI=1S/C14H22N4O3/c1-5-18(4)13(19)9(3)17-12-11(14(20)21-6-2)7-10(15)8-16-12/h7-9H,5-6,15H2,1-4H3,(H,16,17). The summed E-state index contributed by atoms with van der Waals surface area (Å²) in [6, 6.07) is 0.966. The number of pyridine rings is 1. The van der Waals surface area contributed by atoms with Crippen molar-refractivity contribution in [1.29, 1.82) is 0 Å². The second kappa shape index (κ2) is 7.47. The van der Waals surface area contributed by atoms with E-state index in [1.54, 1.807) is 25.8 Å². The number of anilines is 2. The van der Waals surface area contributed by atoms with Crippen LogP contribution in [0.15, 0.2) is 12.3 Å². The molecule has 0 aliphatic heterocycles. The lowest BCUT2D eigenvalue weighted by molar-refractivity contribution is -0.130. The van der Waals surface area contributed by atoms with Gasteiger partial charge in [0.25, 0.3) is 0 Å². The van der Waals surface area contributed by atoms with Crippen molar-refractivity contribution in [2.75, 3.05) is 31.2 Å². The minimum absolute atomic E-state index is 0.0917. The van der Waals surface area contributed by atoms with Crippen LogP contribution in [0.2, 0.25) is 0 Å². The molecule has 0 radical (unpaired) electrons. The van der Waals surface area contributed by atoms with Crippen LogP contribution in [0.1, 0.15) is 31.1 Å². The van der Waals surface area contributed by atoms with Gasteiger partial charge in [-0.05, 0) is 26.8 Å². The van der Waals surface area contributed by atoms with Gasteiger partial charge in [0.05, 0.1) is 18.5 Å². The van der Waals surface area contributed by atoms with Gasteiger partial charge in [-0.2, -0.15) is 0 Å². The molecule has 0 saturated heterocycles. The highest BCUT2D eigenvalue weighted by atomic mass is 16.5. The van der Waals surface area contributed by atoms with Crippen LogP contribution in [0.5, 0.6) is 0 Å². The van der Waals surface area contributed by atoms with Crippen molar-refractivity contribution in [3.63, 3.8) is 0 Å². The molecule has 0 saturated carbocycles. The van der Waals surface area contributed by atoms with E-state index in [1.165, 1.54) is 12.3 Å². The van der Waals surface area contributed by atoms with Gasteiger partial charge in [-0.3, -0.25) is 4.79 Å². The summed E-state index contributed by atoms with van der Waals surface area (Å²) in [6.45, 7) is 6.16. The Labute approximate surface area is 124 Å². The van der Waals surface area contributed by atoms with Crippen molar-refractivity contribution in [1.82, 2.24) is 9.88 Å². The number of nitrogens with two attached hydrogens (primary N) is 1. The lowest BCUT2D eigenvalue weighted by Crippen LogP contribution is -2.39. The highest BCUT2D eigenvalue weighted by molar-refractivity contribution is 5.96. The van der Waals surface area contributed by atoms with Gasteiger partial charge in [0, 0.05) is 13.6 Å². The molecule has 0 aromatic carbocycles. The number of ether oxygens (including phenoxy) is 1. The number of rotatable bonds is 6. The molecule has 116 valence electrons. The Bertz CT molecular complexity index is 519. The van der Waals surface area contributed by atoms with Gasteiger partial charge in [0.15, 0.2) is 0 Å². The number of nitrogens with zero attached hydrogens (tertiary/aromatic N) is 2. The first-order chi connectivity index (χ1) is 9.90. The third kappa shape index (κ3) is 4.34. The van der Waals surface area contributed by atoms with Crippen LogP contribution in [0.4, 0.5) is 11.5 Å². The molecule has 1 atom stereocenters. The Kier molecular flexibility index (Phi) is 5.95. The van der Waals surface area contributed by atoms with Crippen LogP contribution < -0.4 is 11.1 Å². The number of carbonyl (C=O) groups is 2. The zero-order valence-electron chi connectivity index (χ0n) is 12.8. The molecule has 0 bridgehead atoms. The molecule has 3 N–H and O–H groups in total. The molecule has 7 heteroatoms. The molecule has 1 amide bonds. The molecule has 1 aromatic rings. The number of nitrogen functional groups attached to an aromatic ring is 1. The van der Waals surface area contributed by atoms with Crippen molar-refractivity contribution < 1.29 is 14.3 Å². The van der Waals surface area contributed by atoms with E-state index in [0.29, 0.717) is 12.2 Å². The zero-order valence-corrected chi connectivity index (χ0v) is 12.8. The van der Waals surface area contributed by atoms with Gasteiger partial charge in [0.2, 0.25) is 5.91 Å². The molecule has 1 unspecified atom stereocenters. The molecule has 0 aliphatic carbocycles. The van der Waals surface area contributed by atoms with Crippen LogP contribution in [0, 0.1) is 0 Å². The van der Waals surface area contributed by atoms with E-state index in [2.05, 4.69) is 10.3 Å². The summed E-state index contributed by atoms with van der Waals surface area (Å²) >= 11 is 0. The molecular weight excluding hydrogens is 272 g/mol. The molecular formula is C14H22N4O3. The Balaban J connectivity index is 2.97. The number of aromatic nitrogens is 1. The largest absolute Gasteiger partial charge is 0.462 e. The molecule has 0 spiro atoms. The highest BCUT2D eigenvalue weighted by Gasteiger charge is 2.21. The van der Waals surface area contributed by atoms with E-state index in [4.69, 9.17) is 10.5 Å². The summed E-state index contributed by atoms with van der Waals surface area (Å²) in [5, 5.41) is 2.93. The minimum Gasteiger partial charge on any atom is -0.462 e. The second-order valence-corrected chi connectivity index (χ2v) is 4.60. The topological polar surface area (TPSA) is 97.5 Å². The van der Waals surface area contributed by atoms with E-state index in [-0.39, 0.29) is 23.9 Å². The number of hydrogen-bond acceptors (Lipinski definition) is 6. The fourth-order valence-corrected chi connectivity index (χ4v) is 1.71. The van der Waals surface area contributed by atoms with E-state index >= 15 is 0 Å². The Hall–Kier alpha value is -2.31. The lowest BCUT2D eigenvalue weighted by Gasteiger charge is -2.21. The van der Waals surface area contributed by atoms with Gasteiger partial charge in [-0.15, -0.1) is 0 Å². The number of esters is 1. The lowest BCUT2D eigenvalue weighted by atomic mass is 10.2. The Morgan fingerprint density at radius 3 is 2.71 bits per heavy atom. The first-order valence-electron chi connectivity index (χ1n) is 6.84. The van der Waals surface area contributed by atoms with Crippen LogP contribution >= 0.6 is 0 Å². The van der Waals surface area contributed by atoms with Crippen molar-refractivity contribution >= 4 is 23.4 Å². The average Bonchev–Trinajstić information content (AvgIpc) is 2.47. The summed E-state index contributed by atoms with van der Waals surface area (Å²) in [5.41, 5.74) is 6.22. The molecule has 0 aliphatic rings. The summed E-state index contributed by atoms with van der Waals surface area (Å²) < 4.78 is 4.96. The summed E-state index contributed by atoms with van der Waals surface area (Å²) in [6.07, 6.45) is 1.42.